The maximum Gasteiger partial charge on any atom is 0.385 e. The fraction of sp³-hybridized carbons (Fsp3) is 0.188. The molecule has 1 unspecified atom stereocenters. The third-order valence-corrected chi connectivity index (χ3v) is 3.28. The van der Waals surface area contributed by atoms with Gasteiger partial charge in [-0.2, -0.15) is 4.39 Å². The molecule has 108 valence electrons. The molecule has 2 aromatic rings. The molecule has 0 aromatic heterocycles. The van der Waals surface area contributed by atoms with Crippen molar-refractivity contribution in [2.24, 2.45) is 0 Å². The number of halogens is 1. The zero-order valence-electron chi connectivity index (χ0n) is 11.2. The molecule has 1 atom stereocenters. The predicted octanol–water partition coefficient (Wildman–Crippen LogP) is 3.75. The Balaban J connectivity index is 2.15. The van der Waals surface area contributed by atoms with Crippen LogP contribution in [0, 0.1) is 10.1 Å². The molecule has 2 rings (SSSR count). The molecule has 0 saturated heterocycles. The van der Waals surface area contributed by atoms with E-state index >= 15 is 0 Å². The summed E-state index contributed by atoms with van der Waals surface area (Å²) in [6.07, 6.45) is -0.714. The summed E-state index contributed by atoms with van der Waals surface area (Å²) >= 11 is 0. The first kappa shape index (κ1) is 14.8. The summed E-state index contributed by atoms with van der Waals surface area (Å²) in [6, 6.07) is 15.8. The molecule has 0 aliphatic carbocycles. The molecule has 0 amide bonds. The van der Waals surface area contributed by atoms with Gasteiger partial charge in [0.2, 0.25) is 0 Å². The second kappa shape index (κ2) is 6.26. The van der Waals surface area contributed by atoms with Crippen LogP contribution in [-0.2, 0) is 5.79 Å². The van der Waals surface area contributed by atoms with Gasteiger partial charge in [-0.25, -0.2) is 0 Å². The molecule has 4 nitrogen and oxygen atoms in total. The van der Waals surface area contributed by atoms with E-state index in [1.807, 2.05) is 0 Å². The third kappa shape index (κ3) is 3.31. The summed E-state index contributed by atoms with van der Waals surface area (Å²) in [7, 11) is 0. The minimum atomic E-state index is -2.74. The van der Waals surface area contributed by atoms with Crippen molar-refractivity contribution in [1.82, 2.24) is 0 Å². The Bertz CT molecular complexity index is 630. The average molecular weight is 287 g/mol. The minimum Gasteiger partial charge on any atom is -0.294 e. The Kier molecular flexibility index (Phi) is 4.42. The SMILES string of the molecule is O=C(CCC(F)(c1ccccc1)[N+](=O)[O-])c1ccccc1. The highest BCUT2D eigenvalue weighted by molar-refractivity contribution is 5.96. The van der Waals surface area contributed by atoms with E-state index in [1.165, 1.54) is 24.3 Å². The fourth-order valence-corrected chi connectivity index (χ4v) is 2.08. The Morgan fingerprint density at radius 1 is 1.05 bits per heavy atom. The molecule has 0 aliphatic heterocycles. The molecule has 0 saturated carbocycles. The highest BCUT2D eigenvalue weighted by atomic mass is 19.1. The van der Waals surface area contributed by atoms with Crippen LogP contribution in [0.3, 0.4) is 0 Å². The van der Waals surface area contributed by atoms with Crippen LogP contribution in [0.1, 0.15) is 28.8 Å². The highest BCUT2D eigenvalue weighted by Crippen LogP contribution is 2.32. The number of alkyl halides is 1. The van der Waals surface area contributed by atoms with E-state index in [1.54, 1.807) is 36.4 Å². The number of Topliss-reactive ketones (excluding diaryl/α,β-unsaturated/α-hetero) is 1. The minimum absolute atomic E-state index is 0.0455. The van der Waals surface area contributed by atoms with Crippen molar-refractivity contribution in [2.75, 3.05) is 0 Å². The van der Waals surface area contributed by atoms with Crippen LogP contribution in [0.5, 0.6) is 0 Å². The van der Waals surface area contributed by atoms with Crippen molar-refractivity contribution in [3.05, 3.63) is 81.9 Å². The first-order valence-electron chi connectivity index (χ1n) is 6.51. The van der Waals surface area contributed by atoms with Gasteiger partial charge in [0.15, 0.2) is 5.78 Å². The van der Waals surface area contributed by atoms with E-state index in [2.05, 4.69) is 0 Å². The van der Waals surface area contributed by atoms with Gasteiger partial charge in [-0.05, 0) is 12.1 Å². The maximum absolute atomic E-state index is 14.7. The lowest BCUT2D eigenvalue weighted by molar-refractivity contribution is -0.618. The van der Waals surface area contributed by atoms with Crippen molar-refractivity contribution >= 4 is 5.78 Å². The number of carbonyl (C=O) groups excluding carboxylic acids is 1. The molecule has 5 heteroatoms. The largest absolute Gasteiger partial charge is 0.385 e. The number of carbonyl (C=O) groups is 1. The molecule has 0 heterocycles. The molecule has 0 radical (unpaired) electrons. The summed E-state index contributed by atoms with van der Waals surface area (Å²) < 4.78 is 14.7. The van der Waals surface area contributed by atoms with E-state index in [0.717, 1.165) is 0 Å². The van der Waals surface area contributed by atoms with Crippen LogP contribution in [-0.4, -0.2) is 10.7 Å². The Hall–Kier alpha value is -2.56. The molecular weight excluding hydrogens is 273 g/mol. The van der Waals surface area contributed by atoms with Gasteiger partial charge in [-0.15, -0.1) is 0 Å². The van der Waals surface area contributed by atoms with Crippen LogP contribution in [0.15, 0.2) is 60.7 Å². The number of benzene rings is 2. The van der Waals surface area contributed by atoms with E-state index in [9.17, 15) is 19.3 Å². The van der Waals surface area contributed by atoms with Gasteiger partial charge in [-0.3, -0.25) is 14.9 Å². The molecule has 0 N–H and O–H groups in total. The summed E-state index contributed by atoms with van der Waals surface area (Å²) in [4.78, 5) is 22.1. The van der Waals surface area contributed by atoms with E-state index in [4.69, 9.17) is 0 Å². The Morgan fingerprint density at radius 3 is 2.10 bits per heavy atom. The fourth-order valence-electron chi connectivity index (χ4n) is 2.08. The van der Waals surface area contributed by atoms with E-state index < -0.39 is 17.1 Å². The average Bonchev–Trinajstić information content (AvgIpc) is 2.53. The topological polar surface area (TPSA) is 60.2 Å². The standard InChI is InChI=1S/C16H14FNO3/c17-16(18(20)21,14-9-5-2-6-10-14)12-11-15(19)13-7-3-1-4-8-13/h1-10H,11-12H2. The van der Waals surface area contributed by atoms with Crippen LogP contribution in [0.2, 0.25) is 0 Å². The van der Waals surface area contributed by atoms with Crippen LogP contribution < -0.4 is 0 Å². The number of nitro groups is 1. The van der Waals surface area contributed by atoms with Gasteiger partial charge in [0.25, 0.3) is 0 Å². The monoisotopic (exact) mass is 287 g/mol. The lowest BCUT2D eigenvalue weighted by atomic mass is 9.96. The highest BCUT2D eigenvalue weighted by Gasteiger charge is 2.45. The summed E-state index contributed by atoms with van der Waals surface area (Å²) in [5, 5.41) is 11.1. The van der Waals surface area contributed by atoms with Gasteiger partial charge >= 0.3 is 5.79 Å². The smallest absolute Gasteiger partial charge is 0.294 e. The summed E-state index contributed by atoms with van der Waals surface area (Å²) in [5.41, 5.74) is 0.382. The first-order chi connectivity index (χ1) is 10.0. The van der Waals surface area contributed by atoms with Crippen molar-refractivity contribution in [2.45, 2.75) is 18.6 Å². The Morgan fingerprint density at radius 2 is 1.57 bits per heavy atom. The van der Waals surface area contributed by atoms with Crippen molar-refractivity contribution in [3.63, 3.8) is 0 Å². The van der Waals surface area contributed by atoms with Gasteiger partial charge in [0, 0.05) is 12.0 Å². The number of hydrogen-bond donors (Lipinski definition) is 0. The normalized spacial score (nSPS) is 13.4. The molecule has 21 heavy (non-hydrogen) atoms. The quantitative estimate of drug-likeness (QED) is 0.352. The summed E-state index contributed by atoms with van der Waals surface area (Å²) in [6.45, 7) is 0. The number of ketones is 1. The second-order valence-electron chi connectivity index (χ2n) is 4.67. The number of hydrogen-bond acceptors (Lipinski definition) is 3. The molecule has 0 aliphatic rings. The number of nitrogens with zero attached hydrogens (tertiary/aromatic N) is 1. The molecule has 0 bridgehead atoms. The van der Waals surface area contributed by atoms with E-state index in [-0.39, 0.29) is 17.8 Å². The van der Waals surface area contributed by atoms with Gasteiger partial charge in [0.1, 0.15) is 0 Å². The maximum atomic E-state index is 14.7. The zero-order chi connectivity index (χ0) is 15.3. The molecule has 0 fully saturated rings. The van der Waals surface area contributed by atoms with Gasteiger partial charge < -0.3 is 0 Å². The van der Waals surface area contributed by atoms with Crippen LogP contribution >= 0.6 is 0 Å². The zero-order valence-corrected chi connectivity index (χ0v) is 11.2. The lowest BCUT2D eigenvalue weighted by Gasteiger charge is -2.16. The van der Waals surface area contributed by atoms with Crippen molar-refractivity contribution in [1.29, 1.82) is 0 Å². The van der Waals surface area contributed by atoms with Crippen LogP contribution in [0.4, 0.5) is 4.39 Å². The Labute approximate surface area is 121 Å². The molecular formula is C16H14FNO3. The predicted molar refractivity (Wildman–Crippen MR) is 76.2 cm³/mol. The van der Waals surface area contributed by atoms with Crippen molar-refractivity contribution < 1.29 is 14.1 Å². The molecule has 0 spiro atoms. The van der Waals surface area contributed by atoms with Gasteiger partial charge in [-0.1, -0.05) is 48.5 Å². The number of rotatable bonds is 6. The van der Waals surface area contributed by atoms with Crippen LogP contribution in [0.25, 0.3) is 0 Å². The third-order valence-electron chi connectivity index (χ3n) is 3.28. The van der Waals surface area contributed by atoms with Gasteiger partial charge in [0.05, 0.1) is 16.9 Å². The van der Waals surface area contributed by atoms with E-state index in [0.29, 0.717) is 5.56 Å². The second-order valence-corrected chi connectivity index (χ2v) is 4.67. The van der Waals surface area contributed by atoms with Crippen molar-refractivity contribution in [3.8, 4) is 0 Å². The summed E-state index contributed by atoms with van der Waals surface area (Å²) in [5.74, 6) is -3.05. The first-order valence-corrected chi connectivity index (χ1v) is 6.51. The molecule has 2 aromatic carbocycles. The lowest BCUT2D eigenvalue weighted by Crippen LogP contribution is -2.31.